The van der Waals surface area contributed by atoms with Crippen molar-refractivity contribution in [3.8, 4) is 0 Å². The van der Waals surface area contributed by atoms with Gasteiger partial charge in [0.25, 0.3) is 5.91 Å². The molecule has 1 amide bonds. The van der Waals surface area contributed by atoms with Gasteiger partial charge in [-0.15, -0.1) is 11.3 Å². The first-order valence-electron chi connectivity index (χ1n) is 8.70. The van der Waals surface area contributed by atoms with E-state index in [0.717, 1.165) is 23.3 Å². The zero-order chi connectivity index (χ0) is 19.6. The lowest BCUT2D eigenvalue weighted by atomic mass is 10.1. The van der Waals surface area contributed by atoms with Crippen LogP contribution < -0.4 is 11.0 Å². The first-order chi connectivity index (χ1) is 12.9. The summed E-state index contributed by atoms with van der Waals surface area (Å²) < 4.78 is 5.30. The summed E-state index contributed by atoms with van der Waals surface area (Å²) in [4.78, 5) is 42.8. The van der Waals surface area contributed by atoms with Crippen molar-refractivity contribution in [1.82, 2.24) is 9.97 Å². The van der Waals surface area contributed by atoms with Crippen LogP contribution in [0.1, 0.15) is 40.4 Å². The number of H-pyrrole nitrogens is 2. The Hall–Kier alpha value is -2.87. The highest BCUT2D eigenvalue weighted by Crippen LogP contribution is 2.24. The predicted octanol–water partition coefficient (Wildman–Crippen LogP) is 3.36. The van der Waals surface area contributed by atoms with Gasteiger partial charge in [-0.1, -0.05) is 13.3 Å². The van der Waals surface area contributed by atoms with Gasteiger partial charge < -0.3 is 20.0 Å². The average Bonchev–Trinajstić information content (AvgIpc) is 3.16. The summed E-state index contributed by atoms with van der Waals surface area (Å²) in [5.74, 6) is -0.943. The van der Waals surface area contributed by atoms with Gasteiger partial charge in [0.15, 0.2) is 6.10 Å². The van der Waals surface area contributed by atoms with Crippen molar-refractivity contribution >= 4 is 39.9 Å². The number of imidazole rings is 1. The second kappa shape index (κ2) is 7.79. The van der Waals surface area contributed by atoms with Crippen LogP contribution in [-0.2, 0) is 16.0 Å². The molecule has 0 radical (unpaired) electrons. The molecule has 27 heavy (non-hydrogen) atoms. The number of aromatic nitrogens is 2. The summed E-state index contributed by atoms with van der Waals surface area (Å²) >= 11 is 1.38. The van der Waals surface area contributed by atoms with Crippen LogP contribution in [0.25, 0.3) is 11.0 Å². The highest BCUT2D eigenvalue weighted by molar-refractivity contribution is 7.14. The molecule has 8 heteroatoms. The quantitative estimate of drug-likeness (QED) is 0.564. The SMILES string of the molecule is CCCc1cc(C(=O)O[C@@H](C)C(=O)Nc2ccc3[nH]c(=O)[nH]c3c2)sc1C. The topological polar surface area (TPSA) is 104 Å². The van der Waals surface area contributed by atoms with E-state index in [-0.39, 0.29) is 5.69 Å². The molecule has 3 rings (SSSR count). The van der Waals surface area contributed by atoms with E-state index in [4.69, 9.17) is 4.74 Å². The van der Waals surface area contributed by atoms with Crippen LogP contribution >= 0.6 is 11.3 Å². The molecule has 1 aromatic carbocycles. The molecule has 7 nitrogen and oxygen atoms in total. The molecule has 0 saturated heterocycles. The Labute approximate surface area is 159 Å². The number of aryl methyl sites for hydroxylation is 2. The molecular weight excluding hydrogens is 366 g/mol. The number of thiophene rings is 1. The number of rotatable bonds is 6. The van der Waals surface area contributed by atoms with Crippen molar-refractivity contribution < 1.29 is 14.3 Å². The Kier molecular flexibility index (Phi) is 5.46. The number of amides is 1. The standard InChI is InChI=1S/C19H21N3O4S/c1-4-5-12-8-16(27-11(12)3)18(24)26-10(2)17(23)20-13-6-7-14-15(9-13)22-19(25)21-14/h6-10H,4-5H2,1-3H3,(H,20,23)(H2,21,22,25)/t10-/m0/s1. The van der Waals surface area contributed by atoms with Gasteiger partial charge in [-0.2, -0.15) is 0 Å². The number of ether oxygens (including phenoxy) is 1. The Morgan fingerprint density at radius 2 is 1.96 bits per heavy atom. The molecule has 1 atom stereocenters. The van der Waals surface area contributed by atoms with Gasteiger partial charge in [-0.25, -0.2) is 9.59 Å². The monoisotopic (exact) mass is 387 g/mol. The Balaban J connectivity index is 1.64. The Morgan fingerprint density at radius 3 is 2.70 bits per heavy atom. The van der Waals surface area contributed by atoms with Gasteiger partial charge in [-0.05, 0) is 50.1 Å². The Morgan fingerprint density at radius 1 is 1.22 bits per heavy atom. The molecule has 3 N–H and O–H groups in total. The van der Waals surface area contributed by atoms with E-state index >= 15 is 0 Å². The lowest BCUT2D eigenvalue weighted by Gasteiger charge is -2.13. The lowest BCUT2D eigenvalue weighted by molar-refractivity contribution is -0.123. The molecule has 0 unspecified atom stereocenters. The molecule has 0 aliphatic carbocycles. The first kappa shape index (κ1) is 18.9. The summed E-state index contributed by atoms with van der Waals surface area (Å²) in [7, 11) is 0. The molecule has 2 aromatic heterocycles. The number of fused-ring (bicyclic) bond motifs is 1. The van der Waals surface area contributed by atoms with Crippen molar-refractivity contribution in [3.05, 3.63) is 50.1 Å². The van der Waals surface area contributed by atoms with E-state index in [2.05, 4.69) is 22.2 Å². The normalized spacial score (nSPS) is 12.1. The first-order valence-corrected chi connectivity index (χ1v) is 9.52. The molecule has 142 valence electrons. The van der Waals surface area contributed by atoms with Gasteiger partial charge in [0.2, 0.25) is 0 Å². The number of hydrogen-bond acceptors (Lipinski definition) is 5. The number of aromatic amines is 2. The zero-order valence-electron chi connectivity index (χ0n) is 15.3. The third kappa shape index (κ3) is 4.28. The largest absolute Gasteiger partial charge is 0.448 e. The molecule has 0 aliphatic rings. The van der Waals surface area contributed by atoms with Crippen LogP contribution in [0.2, 0.25) is 0 Å². The fraction of sp³-hybridized carbons (Fsp3) is 0.316. The molecule has 0 aliphatic heterocycles. The second-order valence-electron chi connectivity index (χ2n) is 6.32. The molecule has 2 heterocycles. The molecule has 0 fully saturated rings. The molecule has 3 aromatic rings. The minimum absolute atomic E-state index is 0.315. The minimum Gasteiger partial charge on any atom is -0.448 e. The molecular formula is C19H21N3O4S. The minimum atomic E-state index is -0.949. The maximum absolute atomic E-state index is 12.3. The predicted molar refractivity (Wildman–Crippen MR) is 105 cm³/mol. The van der Waals surface area contributed by atoms with E-state index in [1.54, 1.807) is 18.2 Å². The van der Waals surface area contributed by atoms with E-state index in [1.165, 1.54) is 18.3 Å². The number of hydrogen-bond donors (Lipinski definition) is 3. The Bertz CT molecular complexity index is 1050. The van der Waals surface area contributed by atoms with Crippen molar-refractivity contribution in [3.63, 3.8) is 0 Å². The summed E-state index contributed by atoms with van der Waals surface area (Å²) in [6.45, 7) is 5.59. The molecule has 0 saturated carbocycles. The zero-order valence-corrected chi connectivity index (χ0v) is 16.2. The van der Waals surface area contributed by atoms with Crippen LogP contribution in [0.5, 0.6) is 0 Å². The van der Waals surface area contributed by atoms with Gasteiger partial charge in [0.05, 0.1) is 11.0 Å². The van der Waals surface area contributed by atoms with E-state index in [0.29, 0.717) is 21.6 Å². The van der Waals surface area contributed by atoms with Crippen molar-refractivity contribution in [2.24, 2.45) is 0 Å². The number of esters is 1. The van der Waals surface area contributed by atoms with E-state index < -0.39 is 18.0 Å². The van der Waals surface area contributed by atoms with Crippen molar-refractivity contribution in [2.75, 3.05) is 5.32 Å². The smallest absolute Gasteiger partial charge is 0.349 e. The highest BCUT2D eigenvalue weighted by Gasteiger charge is 2.21. The maximum atomic E-state index is 12.3. The van der Waals surface area contributed by atoms with E-state index in [1.807, 2.05) is 13.0 Å². The van der Waals surface area contributed by atoms with Gasteiger partial charge in [0, 0.05) is 10.6 Å². The van der Waals surface area contributed by atoms with Crippen LogP contribution in [0.4, 0.5) is 5.69 Å². The van der Waals surface area contributed by atoms with Crippen LogP contribution in [0.3, 0.4) is 0 Å². The fourth-order valence-corrected chi connectivity index (χ4v) is 3.72. The van der Waals surface area contributed by atoms with Crippen molar-refractivity contribution in [1.29, 1.82) is 0 Å². The summed E-state index contributed by atoms with van der Waals surface area (Å²) in [5, 5.41) is 2.69. The van der Waals surface area contributed by atoms with Crippen LogP contribution in [0.15, 0.2) is 29.1 Å². The van der Waals surface area contributed by atoms with Crippen molar-refractivity contribution in [2.45, 2.75) is 39.7 Å². The van der Waals surface area contributed by atoms with Crippen LogP contribution in [-0.4, -0.2) is 27.9 Å². The molecule has 0 spiro atoms. The maximum Gasteiger partial charge on any atom is 0.349 e. The number of carbonyl (C=O) groups is 2. The fourth-order valence-electron chi connectivity index (χ4n) is 2.76. The van der Waals surface area contributed by atoms with Gasteiger partial charge >= 0.3 is 11.7 Å². The summed E-state index contributed by atoms with van der Waals surface area (Å²) in [6, 6.07) is 6.83. The second-order valence-corrected chi connectivity index (χ2v) is 7.57. The van der Waals surface area contributed by atoms with Gasteiger partial charge in [-0.3, -0.25) is 4.79 Å². The third-order valence-electron chi connectivity index (χ3n) is 4.18. The summed E-state index contributed by atoms with van der Waals surface area (Å²) in [5.41, 5.74) is 2.56. The number of anilines is 1. The van der Waals surface area contributed by atoms with Gasteiger partial charge in [0.1, 0.15) is 4.88 Å². The van der Waals surface area contributed by atoms with Crippen LogP contribution in [0, 0.1) is 6.92 Å². The third-order valence-corrected chi connectivity index (χ3v) is 5.25. The number of carbonyl (C=O) groups excluding carboxylic acids is 2. The number of benzene rings is 1. The average molecular weight is 387 g/mol. The number of nitrogens with one attached hydrogen (secondary N) is 3. The lowest BCUT2D eigenvalue weighted by Crippen LogP contribution is -2.29. The molecule has 0 bridgehead atoms. The summed E-state index contributed by atoms with van der Waals surface area (Å²) in [6.07, 6.45) is 0.965. The highest BCUT2D eigenvalue weighted by atomic mass is 32.1. The van der Waals surface area contributed by atoms with E-state index in [9.17, 15) is 14.4 Å².